The molecule has 1 N–H and O–H groups in total. The predicted molar refractivity (Wildman–Crippen MR) is 78.9 cm³/mol. The third kappa shape index (κ3) is 2.11. The summed E-state index contributed by atoms with van der Waals surface area (Å²) in [6.45, 7) is 1.30. The molecule has 0 amide bonds. The quantitative estimate of drug-likeness (QED) is 0.793. The molecule has 0 radical (unpaired) electrons. The van der Waals surface area contributed by atoms with Crippen molar-refractivity contribution in [2.24, 2.45) is 0 Å². The minimum absolute atomic E-state index is 0.0794. The van der Waals surface area contributed by atoms with Crippen molar-refractivity contribution in [3.05, 3.63) is 35.4 Å². The Bertz CT molecular complexity index is 797. The average Bonchev–Trinajstić information content (AvgIpc) is 3.23. The lowest BCUT2D eigenvalue weighted by atomic mass is 10.0. The van der Waals surface area contributed by atoms with Crippen LogP contribution in [0.5, 0.6) is 5.88 Å². The summed E-state index contributed by atoms with van der Waals surface area (Å²) in [6.07, 6.45) is 4.08. The van der Waals surface area contributed by atoms with Crippen LogP contribution in [0.1, 0.15) is 29.5 Å². The van der Waals surface area contributed by atoms with E-state index in [0.29, 0.717) is 30.9 Å². The van der Waals surface area contributed by atoms with Crippen molar-refractivity contribution in [1.82, 2.24) is 19.5 Å². The molecule has 1 unspecified atom stereocenters. The van der Waals surface area contributed by atoms with Gasteiger partial charge in [-0.1, -0.05) is 11.3 Å². The zero-order valence-corrected chi connectivity index (χ0v) is 12.5. The number of carbonyl (C=O) groups excluding carboxylic acids is 1. The van der Waals surface area contributed by atoms with Gasteiger partial charge in [-0.25, -0.2) is 4.98 Å². The molecule has 4 rings (SSSR count). The van der Waals surface area contributed by atoms with Crippen molar-refractivity contribution in [1.29, 1.82) is 0 Å². The van der Waals surface area contributed by atoms with Crippen LogP contribution in [-0.2, 0) is 4.79 Å². The summed E-state index contributed by atoms with van der Waals surface area (Å²) in [5.41, 5.74) is 0. The number of Topliss-reactive ketones (excluding diaryl/α,β-unsaturated/α-hetero) is 1. The van der Waals surface area contributed by atoms with Crippen molar-refractivity contribution in [2.45, 2.75) is 18.9 Å². The number of fused-ring (bicyclic) bond motifs is 1. The molecule has 1 aliphatic rings. The van der Waals surface area contributed by atoms with E-state index in [1.807, 2.05) is 12.1 Å². The summed E-state index contributed by atoms with van der Waals surface area (Å²) in [6, 6.07) is 3.48. The number of hydrogen-bond acceptors (Lipinski definition) is 7. The molecule has 0 aliphatic carbocycles. The molecule has 1 fully saturated rings. The molecule has 0 saturated carbocycles. The fourth-order valence-electron chi connectivity index (χ4n) is 2.83. The number of aromatic nitrogens is 3. The van der Waals surface area contributed by atoms with Gasteiger partial charge in [0.15, 0.2) is 0 Å². The Balaban J connectivity index is 1.78. The maximum Gasteiger partial charge on any atom is 0.230 e. The molecule has 0 bridgehead atoms. The number of piperidine rings is 1. The van der Waals surface area contributed by atoms with E-state index in [9.17, 15) is 9.90 Å². The first-order valence-corrected chi connectivity index (χ1v) is 7.86. The molecular formula is C14H14N4O3S. The van der Waals surface area contributed by atoms with Crippen LogP contribution in [0.15, 0.2) is 29.1 Å². The molecule has 0 spiro atoms. The highest BCUT2D eigenvalue weighted by Crippen LogP contribution is 2.40. The average molecular weight is 318 g/mol. The summed E-state index contributed by atoms with van der Waals surface area (Å²) >= 11 is 1.38. The third-order valence-electron chi connectivity index (χ3n) is 3.92. The minimum Gasteiger partial charge on any atom is -0.492 e. The van der Waals surface area contributed by atoms with Crippen LogP contribution < -0.4 is 0 Å². The van der Waals surface area contributed by atoms with Crippen molar-refractivity contribution in [2.75, 3.05) is 13.1 Å². The number of thiazole rings is 1. The number of aromatic hydroxyl groups is 1. The van der Waals surface area contributed by atoms with Crippen molar-refractivity contribution < 1.29 is 14.3 Å². The summed E-state index contributed by atoms with van der Waals surface area (Å²) in [4.78, 5) is 19.2. The molecule has 3 aromatic rings. The van der Waals surface area contributed by atoms with E-state index >= 15 is 0 Å². The number of rotatable bonds is 3. The van der Waals surface area contributed by atoms with Gasteiger partial charge in [-0.05, 0) is 12.1 Å². The molecule has 4 heterocycles. The van der Waals surface area contributed by atoms with Gasteiger partial charge in [0.25, 0.3) is 0 Å². The third-order valence-corrected chi connectivity index (χ3v) is 5.01. The Morgan fingerprint density at radius 2 is 2.18 bits per heavy atom. The standard InChI is InChI=1S/C14H14N4O3S/c19-9-3-5-17(6-4-9)11(10-2-1-7-21-10)12-13(20)18-14(22-12)15-8-16-18/h1-2,7-8,11,20H,3-6H2. The normalized spacial score (nSPS) is 18.1. The van der Waals surface area contributed by atoms with E-state index in [1.165, 1.54) is 22.2 Å². The molecule has 7 nitrogen and oxygen atoms in total. The molecule has 22 heavy (non-hydrogen) atoms. The largest absolute Gasteiger partial charge is 0.492 e. The van der Waals surface area contributed by atoms with Gasteiger partial charge in [-0.2, -0.15) is 9.61 Å². The lowest BCUT2D eigenvalue weighted by Crippen LogP contribution is -2.37. The maximum atomic E-state index is 11.5. The van der Waals surface area contributed by atoms with Gasteiger partial charge in [0.05, 0.1) is 11.1 Å². The summed E-state index contributed by atoms with van der Waals surface area (Å²) < 4.78 is 7.00. The van der Waals surface area contributed by atoms with Gasteiger partial charge >= 0.3 is 0 Å². The van der Waals surface area contributed by atoms with E-state index in [2.05, 4.69) is 15.0 Å². The SMILES string of the molecule is O=C1CCN(C(c2ccco2)c2sc3ncnn3c2O)CC1. The topological polar surface area (TPSA) is 83.9 Å². The van der Waals surface area contributed by atoms with Crippen LogP contribution >= 0.6 is 11.3 Å². The van der Waals surface area contributed by atoms with Gasteiger partial charge in [-0.15, -0.1) is 0 Å². The Labute approximate surface area is 129 Å². The van der Waals surface area contributed by atoms with E-state index in [4.69, 9.17) is 4.42 Å². The zero-order chi connectivity index (χ0) is 15.1. The Morgan fingerprint density at radius 3 is 2.86 bits per heavy atom. The minimum atomic E-state index is -0.225. The van der Waals surface area contributed by atoms with Crippen LogP contribution in [0, 0.1) is 0 Å². The smallest absolute Gasteiger partial charge is 0.230 e. The highest BCUT2D eigenvalue weighted by Gasteiger charge is 2.33. The molecule has 8 heteroatoms. The van der Waals surface area contributed by atoms with Crippen molar-refractivity contribution in [3.63, 3.8) is 0 Å². The molecule has 0 aromatic carbocycles. The number of ketones is 1. The Morgan fingerprint density at radius 1 is 1.36 bits per heavy atom. The van der Waals surface area contributed by atoms with Gasteiger partial charge < -0.3 is 9.52 Å². The van der Waals surface area contributed by atoms with Crippen LogP contribution in [0.25, 0.3) is 4.96 Å². The summed E-state index contributed by atoms with van der Waals surface area (Å²) in [5, 5.41) is 14.5. The Kier molecular flexibility index (Phi) is 3.20. The summed E-state index contributed by atoms with van der Waals surface area (Å²) in [7, 11) is 0. The number of hydrogen-bond donors (Lipinski definition) is 1. The second-order valence-electron chi connectivity index (χ2n) is 5.24. The van der Waals surface area contributed by atoms with Crippen LogP contribution in [-0.4, -0.2) is 43.5 Å². The Hall–Kier alpha value is -2.19. The number of likely N-dealkylation sites (tertiary alicyclic amines) is 1. The molecule has 3 aromatic heterocycles. The monoisotopic (exact) mass is 318 g/mol. The molecule has 1 aliphatic heterocycles. The first-order chi connectivity index (χ1) is 10.7. The maximum absolute atomic E-state index is 11.5. The van der Waals surface area contributed by atoms with Gasteiger partial charge in [0.2, 0.25) is 10.8 Å². The second-order valence-corrected chi connectivity index (χ2v) is 6.25. The highest BCUT2D eigenvalue weighted by molar-refractivity contribution is 7.17. The second kappa shape index (κ2) is 5.22. The van der Waals surface area contributed by atoms with E-state index in [0.717, 1.165) is 10.6 Å². The molecule has 114 valence electrons. The number of furan rings is 1. The zero-order valence-electron chi connectivity index (χ0n) is 11.7. The van der Waals surface area contributed by atoms with E-state index in [1.54, 1.807) is 6.26 Å². The fraction of sp³-hybridized carbons (Fsp3) is 0.357. The molecular weight excluding hydrogens is 304 g/mol. The van der Waals surface area contributed by atoms with Gasteiger partial charge in [0, 0.05) is 25.9 Å². The number of nitrogens with zero attached hydrogens (tertiary/aromatic N) is 4. The van der Waals surface area contributed by atoms with E-state index in [-0.39, 0.29) is 17.7 Å². The first kappa shape index (κ1) is 13.5. The van der Waals surface area contributed by atoms with Crippen LogP contribution in [0.3, 0.4) is 0 Å². The number of carbonyl (C=O) groups is 1. The fourth-order valence-corrected chi connectivity index (χ4v) is 3.90. The van der Waals surface area contributed by atoms with Gasteiger partial charge in [-0.3, -0.25) is 9.69 Å². The van der Waals surface area contributed by atoms with Crippen LogP contribution in [0.4, 0.5) is 0 Å². The lowest BCUT2D eigenvalue weighted by molar-refractivity contribution is -0.121. The van der Waals surface area contributed by atoms with Crippen LogP contribution in [0.2, 0.25) is 0 Å². The van der Waals surface area contributed by atoms with Crippen molar-refractivity contribution in [3.8, 4) is 5.88 Å². The van der Waals surface area contributed by atoms with E-state index < -0.39 is 0 Å². The summed E-state index contributed by atoms with van der Waals surface area (Å²) in [5.74, 6) is 1.10. The van der Waals surface area contributed by atoms with Crippen molar-refractivity contribution >= 4 is 22.1 Å². The van der Waals surface area contributed by atoms with Gasteiger partial charge in [0.1, 0.15) is 23.9 Å². The molecule has 1 saturated heterocycles. The lowest BCUT2D eigenvalue weighted by Gasteiger charge is -2.32. The molecule has 1 atom stereocenters. The highest BCUT2D eigenvalue weighted by atomic mass is 32.1. The first-order valence-electron chi connectivity index (χ1n) is 7.04. The predicted octanol–water partition coefficient (Wildman–Crippen LogP) is 1.84.